The van der Waals surface area contributed by atoms with Gasteiger partial charge in [-0.05, 0) is 40.0 Å². The summed E-state index contributed by atoms with van der Waals surface area (Å²) in [7, 11) is 0. The van der Waals surface area contributed by atoms with E-state index in [0.29, 0.717) is 13.2 Å². The molecule has 2 heterocycles. The predicted octanol–water partition coefficient (Wildman–Crippen LogP) is 1.85. The molecule has 1 unspecified atom stereocenters. The van der Waals surface area contributed by atoms with Crippen molar-refractivity contribution < 1.29 is 19.0 Å². The van der Waals surface area contributed by atoms with E-state index in [1.54, 1.807) is 0 Å². The Morgan fingerprint density at radius 2 is 2.00 bits per heavy atom. The highest BCUT2D eigenvalue weighted by Gasteiger charge is 2.41. The molecule has 0 saturated carbocycles. The molecule has 2 aliphatic heterocycles. The van der Waals surface area contributed by atoms with Crippen LogP contribution in [0.15, 0.2) is 0 Å². The molecule has 2 fully saturated rings. The number of hydrogen-bond acceptors (Lipinski definition) is 4. The van der Waals surface area contributed by atoms with E-state index in [1.165, 1.54) is 0 Å². The highest BCUT2D eigenvalue weighted by molar-refractivity contribution is 5.68. The first-order chi connectivity index (χ1) is 8.39. The molecule has 0 radical (unpaired) electrons. The molecule has 18 heavy (non-hydrogen) atoms. The average Bonchev–Trinajstić information content (AvgIpc) is 2.99. The molecule has 0 aromatic heterocycles. The third-order valence-electron chi connectivity index (χ3n) is 3.24. The number of alkyl carbamates (subject to hydrolysis) is 1. The van der Waals surface area contributed by atoms with Gasteiger partial charge >= 0.3 is 6.09 Å². The van der Waals surface area contributed by atoms with Gasteiger partial charge in [-0.2, -0.15) is 0 Å². The smallest absolute Gasteiger partial charge is 0.408 e. The zero-order valence-electron chi connectivity index (χ0n) is 11.5. The molecule has 2 rings (SSSR count). The molecular formula is C13H23NO4. The first-order valence-corrected chi connectivity index (χ1v) is 6.59. The molecule has 1 atom stereocenters. The Labute approximate surface area is 108 Å². The topological polar surface area (TPSA) is 60.1 Å². The van der Waals surface area contributed by atoms with Crippen LogP contribution in [-0.2, 0) is 14.2 Å². The Balaban J connectivity index is 1.93. The van der Waals surface area contributed by atoms with Crippen LogP contribution in [0, 0.1) is 0 Å². The van der Waals surface area contributed by atoms with Gasteiger partial charge in [-0.15, -0.1) is 0 Å². The Morgan fingerprint density at radius 3 is 2.50 bits per heavy atom. The third kappa shape index (κ3) is 4.14. The summed E-state index contributed by atoms with van der Waals surface area (Å²) >= 11 is 0. The normalized spacial score (nSPS) is 26.5. The highest BCUT2D eigenvalue weighted by Crippen LogP contribution is 2.31. The fourth-order valence-electron chi connectivity index (χ4n) is 2.28. The average molecular weight is 257 g/mol. The number of carbonyl (C=O) groups excluding carboxylic acids is 1. The lowest BCUT2D eigenvalue weighted by Gasteiger charge is -2.38. The van der Waals surface area contributed by atoms with Crippen LogP contribution in [-0.4, -0.2) is 43.2 Å². The van der Waals surface area contributed by atoms with Crippen molar-refractivity contribution >= 4 is 6.09 Å². The van der Waals surface area contributed by atoms with Crippen molar-refractivity contribution in [2.45, 2.75) is 57.3 Å². The summed E-state index contributed by atoms with van der Waals surface area (Å²) in [5.41, 5.74) is -0.686. The molecular weight excluding hydrogens is 234 g/mol. The molecule has 0 aromatic carbocycles. The summed E-state index contributed by atoms with van der Waals surface area (Å²) in [6.07, 6.45) is 2.46. The molecule has 1 amide bonds. The quantitative estimate of drug-likeness (QED) is 0.784. The van der Waals surface area contributed by atoms with Crippen molar-refractivity contribution in [1.82, 2.24) is 5.32 Å². The Morgan fingerprint density at radius 1 is 1.39 bits per heavy atom. The lowest BCUT2D eigenvalue weighted by atomic mass is 9.85. The monoisotopic (exact) mass is 257 g/mol. The molecule has 0 bridgehead atoms. The van der Waals surface area contributed by atoms with Crippen molar-refractivity contribution in [2.24, 2.45) is 0 Å². The van der Waals surface area contributed by atoms with Gasteiger partial charge in [0.25, 0.3) is 0 Å². The molecule has 0 spiro atoms. The SMILES string of the molecule is CC(C)(C)OC(=O)NC1(CC2CO2)CCOCC1. The van der Waals surface area contributed by atoms with Crippen LogP contribution in [0.4, 0.5) is 4.79 Å². The standard InChI is InChI=1S/C13H23NO4/c1-12(2,3)18-11(15)14-13(8-10-9-17-10)4-6-16-7-5-13/h10H,4-9H2,1-3H3,(H,14,15). The van der Waals surface area contributed by atoms with E-state index >= 15 is 0 Å². The fourth-order valence-corrected chi connectivity index (χ4v) is 2.28. The molecule has 1 N–H and O–H groups in total. The number of hydrogen-bond donors (Lipinski definition) is 1. The summed E-state index contributed by atoms with van der Waals surface area (Å²) in [5, 5.41) is 3.04. The maximum Gasteiger partial charge on any atom is 0.408 e. The highest BCUT2D eigenvalue weighted by atomic mass is 16.6. The first kappa shape index (κ1) is 13.6. The minimum Gasteiger partial charge on any atom is -0.444 e. The summed E-state index contributed by atoms with van der Waals surface area (Å²) in [5.74, 6) is 0. The first-order valence-electron chi connectivity index (χ1n) is 6.59. The minimum atomic E-state index is -0.466. The molecule has 0 aliphatic carbocycles. The van der Waals surface area contributed by atoms with Crippen molar-refractivity contribution in [3.05, 3.63) is 0 Å². The fraction of sp³-hybridized carbons (Fsp3) is 0.923. The number of epoxide rings is 1. The molecule has 5 heteroatoms. The van der Waals surface area contributed by atoms with Gasteiger partial charge in [0.1, 0.15) is 5.60 Å². The maximum atomic E-state index is 11.9. The van der Waals surface area contributed by atoms with E-state index < -0.39 is 5.60 Å². The number of nitrogens with one attached hydrogen (secondary N) is 1. The van der Waals surface area contributed by atoms with Gasteiger partial charge in [0.05, 0.1) is 18.2 Å². The van der Waals surface area contributed by atoms with Gasteiger partial charge in [-0.25, -0.2) is 4.79 Å². The predicted molar refractivity (Wildman–Crippen MR) is 66.5 cm³/mol. The second-order valence-corrected chi connectivity index (χ2v) is 6.18. The Kier molecular flexibility index (Phi) is 3.82. The summed E-state index contributed by atoms with van der Waals surface area (Å²) < 4.78 is 16.0. The lowest BCUT2D eigenvalue weighted by Crippen LogP contribution is -2.53. The van der Waals surface area contributed by atoms with Gasteiger partial charge in [0, 0.05) is 13.2 Å². The number of carbonyl (C=O) groups is 1. The third-order valence-corrected chi connectivity index (χ3v) is 3.24. The summed E-state index contributed by atoms with van der Waals surface area (Å²) in [4.78, 5) is 11.9. The maximum absolute atomic E-state index is 11.9. The number of rotatable bonds is 3. The van der Waals surface area contributed by atoms with Gasteiger partial charge in [0.15, 0.2) is 0 Å². The van der Waals surface area contributed by atoms with E-state index in [4.69, 9.17) is 14.2 Å². The Bertz CT molecular complexity index is 301. The van der Waals surface area contributed by atoms with E-state index in [9.17, 15) is 4.79 Å². The van der Waals surface area contributed by atoms with Gasteiger partial charge in [-0.1, -0.05) is 0 Å². The van der Waals surface area contributed by atoms with Crippen LogP contribution in [0.1, 0.15) is 40.0 Å². The number of ether oxygens (including phenoxy) is 3. The van der Waals surface area contributed by atoms with Crippen molar-refractivity contribution in [3.63, 3.8) is 0 Å². The Hall–Kier alpha value is -0.810. The van der Waals surface area contributed by atoms with Crippen molar-refractivity contribution in [3.8, 4) is 0 Å². The van der Waals surface area contributed by atoms with Crippen molar-refractivity contribution in [2.75, 3.05) is 19.8 Å². The van der Waals surface area contributed by atoms with Gasteiger partial charge in [0.2, 0.25) is 0 Å². The van der Waals surface area contributed by atoms with Crippen LogP contribution >= 0.6 is 0 Å². The van der Waals surface area contributed by atoms with E-state index in [-0.39, 0.29) is 17.7 Å². The zero-order valence-corrected chi connectivity index (χ0v) is 11.5. The van der Waals surface area contributed by atoms with Crippen LogP contribution in [0.25, 0.3) is 0 Å². The van der Waals surface area contributed by atoms with Crippen LogP contribution in [0.5, 0.6) is 0 Å². The molecule has 2 aliphatic rings. The zero-order chi connectivity index (χ0) is 13.2. The molecule has 5 nitrogen and oxygen atoms in total. The van der Waals surface area contributed by atoms with Gasteiger partial charge in [-0.3, -0.25) is 0 Å². The van der Waals surface area contributed by atoms with Gasteiger partial charge < -0.3 is 19.5 Å². The molecule has 2 saturated heterocycles. The largest absolute Gasteiger partial charge is 0.444 e. The molecule has 0 aromatic rings. The minimum absolute atomic E-state index is 0.220. The number of amides is 1. The lowest BCUT2D eigenvalue weighted by molar-refractivity contribution is 0.0127. The van der Waals surface area contributed by atoms with E-state index in [1.807, 2.05) is 20.8 Å². The van der Waals surface area contributed by atoms with Crippen LogP contribution < -0.4 is 5.32 Å². The van der Waals surface area contributed by atoms with E-state index in [0.717, 1.165) is 25.9 Å². The van der Waals surface area contributed by atoms with Crippen LogP contribution in [0.2, 0.25) is 0 Å². The summed E-state index contributed by atoms with van der Waals surface area (Å²) in [6.45, 7) is 7.78. The van der Waals surface area contributed by atoms with E-state index in [2.05, 4.69) is 5.32 Å². The second-order valence-electron chi connectivity index (χ2n) is 6.18. The molecule has 104 valence electrons. The van der Waals surface area contributed by atoms with Crippen LogP contribution in [0.3, 0.4) is 0 Å². The second kappa shape index (κ2) is 5.05. The van der Waals surface area contributed by atoms with Crippen molar-refractivity contribution in [1.29, 1.82) is 0 Å². The summed E-state index contributed by atoms with van der Waals surface area (Å²) in [6, 6.07) is 0.